The van der Waals surface area contributed by atoms with Crippen LogP contribution in [-0.2, 0) is 4.79 Å². The maximum Gasteiger partial charge on any atom is 0.221 e. The lowest BCUT2D eigenvalue weighted by Gasteiger charge is -2.34. The number of carbonyl (C=O) groups is 1. The van der Waals surface area contributed by atoms with Gasteiger partial charge in [0.1, 0.15) is 5.82 Å². The molecule has 5 heteroatoms. The highest BCUT2D eigenvalue weighted by Gasteiger charge is 2.19. The number of nitrogens with zero attached hydrogens (tertiary/aromatic N) is 1. The Morgan fingerprint density at radius 1 is 1.12 bits per heavy atom. The normalized spacial score (nSPS) is 15.2. The third-order valence-corrected chi connectivity index (χ3v) is 4.26. The van der Waals surface area contributed by atoms with Crippen LogP contribution in [0.3, 0.4) is 0 Å². The first kappa shape index (κ1) is 16.3. The molecule has 2 N–H and O–H groups in total. The standard InChI is InChI=1S/C19H22FN3O/c1-14(24)21-19-13-16(7-8-18(19)20)22-15-9-11-23(12-10-15)17-5-3-2-4-6-17/h2-8,13,15,22H,9-12H2,1H3,(H,21,24). The number of hydrogen-bond acceptors (Lipinski definition) is 3. The van der Waals surface area contributed by atoms with Crippen LogP contribution in [0.15, 0.2) is 48.5 Å². The van der Waals surface area contributed by atoms with Gasteiger partial charge < -0.3 is 15.5 Å². The van der Waals surface area contributed by atoms with Crippen molar-refractivity contribution in [2.24, 2.45) is 0 Å². The van der Waals surface area contributed by atoms with Gasteiger partial charge in [-0.25, -0.2) is 4.39 Å². The van der Waals surface area contributed by atoms with Crippen LogP contribution in [0, 0.1) is 5.82 Å². The largest absolute Gasteiger partial charge is 0.382 e. The molecule has 2 aromatic rings. The summed E-state index contributed by atoms with van der Waals surface area (Å²) >= 11 is 0. The van der Waals surface area contributed by atoms with Crippen molar-refractivity contribution in [2.75, 3.05) is 28.6 Å². The van der Waals surface area contributed by atoms with Crippen molar-refractivity contribution in [1.29, 1.82) is 0 Å². The summed E-state index contributed by atoms with van der Waals surface area (Å²) in [5.74, 6) is -0.697. The molecule has 0 radical (unpaired) electrons. The van der Waals surface area contributed by atoms with E-state index >= 15 is 0 Å². The predicted molar refractivity (Wildman–Crippen MR) is 96.0 cm³/mol. The van der Waals surface area contributed by atoms with Crippen molar-refractivity contribution in [3.8, 4) is 0 Å². The third kappa shape index (κ3) is 4.04. The number of benzene rings is 2. The predicted octanol–water partition coefficient (Wildman–Crippen LogP) is 3.87. The van der Waals surface area contributed by atoms with Gasteiger partial charge in [-0.05, 0) is 43.2 Å². The number of para-hydroxylation sites is 1. The Kier molecular flexibility index (Phi) is 4.99. The minimum atomic E-state index is -0.422. The van der Waals surface area contributed by atoms with Gasteiger partial charge in [-0.3, -0.25) is 4.79 Å². The first-order valence-corrected chi connectivity index (χ1v) is 8.25. The van der Waals surface area contributed by atoms with Crippen molar-refractivity contribution in [2.45, 2.75) is 25.8 Å². The van der Waals surface area contributed by atoms with E-state index in [0.717, 1.165) is 31.6 Å². The highest BCUT2D eigenvalue weighted by molar-refractivity contribution is 5.89. The number of rotatable bonds is 4. The summed E-state index contributed by atoms with van der Waals surface area (Å²) < 4.78 is 13.7. The molecule has 2 aromatic carbocycles. The lowest BCUT2D eigenvalue weighted by molar-refractivity contribution is -0.114. The summed E-state index contributed by atoms with van der Waals surface area (Å²) in [6, 6.07) is 15.5. The van der Waals surface area contributed by atoms with Gasteiger partial charge in [-0.15, -0.1) is 0 Å². The van der Waals surface area contributed by atoms with Gasteiger partial charge in [0, 0.05) is 37.4 Å². The van der Waals surface area contributed by atoms with Crippen LogP contribution in [0.1, 0.15) is 19.8 Å². The lowest BCUT2D eigenvalue weighted by Crippen LogP contribution is -2.39. The Morgan fingerprint density at radius 3 is 2.50 bits per heavy atom. The second kappa shape index (κ2) is 7.34. The molecule has 0 unspecified atom stereocenters. The molecule has 1 aliphatic rings. The summed E-state index contributed by atoms with van der Waals surface area (Å²) in [5, 5.41) is 5.97. The molecule has 1 heterocycles. The van der Waals surface area contributed by atoms with Gasteiger partial charge >= 0.3 is 0 Å². The Bertz CT molecular complexity index is 697. The zero-order chi connectivity index (χ0) is 16.9. The highest BCUT2D eigenvalue weighted by Crippen LogP contribution is 2.24. The summed E-state index contributed by atoms with van der Waals surface area (Å²) in [6.45, 7) is 3.35. The summed E-state index contributed by atoms with van der Waals surface area (Å²) in [5.41, 5.74) is 2.30. The average molecular weight is 327 g/mol. The van der Waals surface area contributed by atoms with Crippen molar-refractivity contribution in [1.82, 2.24) is 0 Å². The molecule has 0 aromatic heterocycles. The van der Waals surface area contributed by atoms with Gasteiger partial charge in [-0.1, -0.05) is 18.2 Å². The van der Waals surface area contributed by atoms with Gasteiger partial charge in [0.25, 0.3) is 0 Å². The molecule has 0 spiro atoms. The molecule has 0 aliphatic carbocycles. The fourth-order valence-electron chi connectivity index (χ4n) is 3.06. The molecule has 0 atom stereocenters. The van der Waals surface area contributed by atoms with Crippen molar-refractivity contribution in [3.63, 3.8) is 0 Å². The molecule has 24 heavy (non-hydrogen) atoms. The Hall–Kier alpha value is -2.56. The molecule has 1 aliphatic heterocycles. The molecule has 0 saturated carbocycles. The van der Waals surface area contributed by atoms with E-state index in [1.165, 1.54) is 18.7 Å². The van der Waals surface area contributed by atoms with Gasteiger partial charge in [0.05, 0.1) is 5.69 Å². The number of hydrogen-bond donors (Lipinski definition) is 2. The third-order valence-electron chi connectivity index (χ3n) is 4.26. The minimum Gasteiger partial charge on any atom is -0.382 e. The Labute approximate surface area is 141 Å². The average Bonchev–Trinajstić information content (AvgIpc) is 2.59. The SMILES string of the molecule is CC(=O)Nc1cc(NC2CCN(c3ccccc3)CC2)ccc1F. The molecule has 1 fully saturated rings. The van der Waals surface area contributed by atoms with E-state index < -0.39 is 5.82 Å². The molecule has 126 valence electrons. The van der Waals surface area contributed by atoms with Crippen LogP contribution in [0.4, 0.5) is 21.5 Å². The maximum absolute atomic E-state index is 13.7. The lowest BCUT2D eigenvalue weighted by atomic mass is 10.0. The highest BCUT2D eigenvalue weighted by atomic mass is 19.1. The summed E-state index contributed by atoms with van der Waals surface area (Å²) in [4.78, 5) is 13.5. The van der Waals surface area contributed by atoms with Gasteiger partial charge in [0.15, 0.2) is 0 Å². The molecule has 1 saturated heterocycles. The van der Waals surface area contributed by atoms with Gasteiger partial charge in [-0.2, -0.15) is 0 Å². The number of amides is 1. The monoisotopic (exact) mass is 327 g/mol. The second-order valence-electron chi connectivity index (χ2n) is 6.12. The maximum atomic E-state index is 13.7. The van der Waals surface area contributed by atoms with E-state index in [9.17, 15) is 9.18 Å². The fraction of sp³-hybridized carbons (Fsp3) is 0.316. The number of carbonyl (C=O) groups excluding carboxylic acids is 1. The van der Waals surface area contributed by atoms with E-state index in [2.05, 4.69) is 39.8 Å². The van der Waals surface area contributed by atoms with E-state index in [-0.39, 0.29) is 11.6 Å². The van der Waals surface area contributed by atoms with Crippen LogP contribution in [0.25, 0.3) is 0 Å². The Balaban J connectivity index is 1.59. The first-order valence-electron chi connectivity index (χ1n) is 8.25. The van der Waals surface area contributed by atoms with Crippen molar-refractivity contribution in [3.05, 3.63) is 54.3 Å². The summed E-state index contributed by atoms with van der Waals surface area (Å²) in [6.07, 6.45) is 2.03. The van der Waals surface area contributed by atoms with Crippen LogP contribution in [0.5, 0.6) is 0 Å². The smallest absolute Gasteiger partial charge is 0.221 e. The van der Waals surface area contributed by atoms with Crippen molar-refractivity contribution < 1.29 is 9.18 Å². The molecule has 1 amide bonds. The topological polar surface area (TPSA) is 44.4 Å². The van der Waals surface area contributed by atoms with E-state index in [0.29, 0.717) is 6.04 Å². The zero-order valence-corrected chi connectivity index (χ0v) is 13.8. The zero-order valence-electron chi connectivity index (χ0n) is 13.8. The minimum absolute atomic E-state index is 0.217. The van der Waals surface area contributed by atoms with Crippen LogP contribution in [-0.4, -0.2) is 25.0 Å². The first-order chi connectivity index (χ1) is 11.6. The van der Waals surface area contributed by atoms with Crippen LogP contribution < -0.4 is 15.5 Å². The quantitative estimate of drug-likeness (QED) is 0.896. The molecule has 0 bridgehead atoms. The van der Waals surface area contributed by atoms with Gasteiger partial charge in [0.2, 0.25) is 5.91 Å². The van der Waals surface area contributed by atoms with Crippen LogP contribution in [0.2, 0.25) is 0 Å². The number of piperidine rings is 1. The summed E-state index contributed by atoms with van der Waals surface area (Å²) in [7, 11) is 0. The van der Waals surface area contributed by atoms with Crippen molar-refractivity contribution >= 4 is 23.0 Å². The number of nitrogens with one attached hydrogen (secondary N) is 2. The fourth-order valence-corrected chi connectivity index (χ4v) is 3.06. The molecular formula is C19H22FN3O. The van der Waals surface area contributed by atoms with E-state index in [4.69, 9.17) is 0 Å². The molecule has 3 rings (SSSR count). The molecular weight excluding hydrogens is 305 g/mol. The number of anilines is 3. The molecule has 4 nitrogen and oxygen atoms in total. The second-order valence-corrected chi connectivity index (χ2v) is 6.12. The van der Waals surface area contributed by atoms with E-state index in [1.807, 2.05) is 6.07 Å². The van der Waals surface area contributed by atoms with E-state index in [1.54, 1.807) is 12.1 Å². The van der Waals surface area contributed by atoms with Crippen LogP contribution >= 0.6 is 0 Å². The number of halogens is 1. The Morgan fingerprint density at radius 2 is 1.83 bits per heavy atom.